The quantitative estimate of drug-likeness (QED) is 0.719. The molecule has 0 radical (unpaired) electrons. The van der Waals surface area contributed by atoms with Gasteiger partial charge in [-0.25, -0.2) is 8.42 Å². The van der Waals surface area contributed by atoms with E-state index in [1.807, 2.05) is 6.92 Å². The lowest BCUT2D eigenvalue weighted by molar-refractivity contribution is -0.121. The number of unbranched alkanes of at least 4 members (excludes halogenated alkanes) is 1. The molecule has 0 aliphatic rings. The zero-order valence-electron chi connectivity index (χ0n) is 12.6. The molecule has 22 heavy (non-hydrogen) atoms. The molecule has 0 atom stereocenters. The molecule has 1 aromatic carbocycles. The average molecular weight is 367 g/mol. The van der Waals surface area contributed by atoms with E-state index < -0.39 is 10.0 Å². The van der Waals surface area contributed by atoms with E-state index in [0.29, 0.717) is 6.54 Å². The van der Waals surface area contributed by atoms with Gasteiger partial charge in [0.15, 0.2) is 0 Å². The molecule has 0 saturated carbocycles. The molecule has 0 bridgehead atoms. The van der Waals surface area contributed by atoms with Crippen LogP contribution in [0.25, 0.3) is 0 Å². The van der Waals surface area contributed by atoms with Crippen molar-refractivity contribution >= 4 is 39.1 Å². The molecule has 1 N–H and O–H groups in total. The van der Waals surface area contributed by atoms with Gasteiger partial charge >= 0.3 is 0 Å². The van der Waals surface area contributed by atoms with Crippen LogP contribution in [-0.4, -0.2) is 38.3 Å². The zero-order valence-corrected chi connectivity index (χ0v) is 14.9. The summed E-state index contributed by atoms with van der Waals surface area (Å²) in [5.41, 5.74) is 0. The van der Waals surface area contributed by atoms with Crippen LogP contribution in [-0.2, 0) is 14.8 Å². The summed E-state index contributed by atoms with van der Waals surface area (Å²) < 4.78 is 26.3. The van der Waals surface area contributed by atoms with Crippen molar-refractivity contribution in [1.29, 1.82) is 0 Å². The van der Waals surface area contributed by atoms with Gasteiger partial charge in [-0.2, -0.15) is 4.31 Å². The highest BCUT2D eigenvalue weighted by Gasteiger charge is 2.27. The van der Waals surface area contributed by atoms with Gasteiger partial charge in [-0.05, 0) is 24.6 Å². The van der Waals surface area contributed by atoms with Crippen LogP contribution in [0, 0.1) is 0 Å². The Balaban J connectivity index is 2.93. The van der Waals surface area contributed by atoms with E-state index in [2.05, 4.69) is 5.32 Å². The number of benzene rings is 1. The molecule has 1 aromatic rings. The molecule has 0 unspecified atom stereocenters. The minimum Gasteiger partial charge on any atom is -0.355 e. The number of hydrogen-bond donors (Lipinski definition) is 1. The fourth-order valence-corrected chi connectivity index (χ4v) is 3.94. The van der Waals surface area contributed by atoms with Crippen LogP contribution in [0.1, 0.15) is 26.7 Å². The summed E-state index contributed by atoms with van der Waals surface area (Å²) in [6.07, 6.45) is 1.80. The van der Waals surface area contributed by atoms with Gasteiger partial charge in [-0.1, -0.05) is 43.5 Å². The van der Waals surface area contributed by atoms with Crippen LogP contribution in [0.4, 0.5) is 0 Å². The SMILES string of the molecule is CCCCNC(=O)CN(CC)S(=O)(=O)c1cc(Cl)ccc1Cl. The Morgan fingerprint density at radius 2 is 1.95 bits per heavy atom. The number of sulfonamides is 1. The first-order valence-corrected chi connectivity index (χ1v) is 9.24. The normalized spacial score (nSPS) is 11.7. The highest BCUT2D eigenvalue weighted by molar-refractivity contribution is 7.89. The fourth-order valence-electron chi connectivity index (χ4n) is 1.80. The van der Waals surface area contributed by atoms with Crippen LogP contribution < -0.4 is 5.32 Å². The van der Waals surface area contributed by atoms with Gasteiger partial charge in [0.25, 0.3) is 0 Å². The monoisotopic (exact) mass is 366 g/mol. The molecule has 0 heterocycles. The summed E-state index contributed by atoms with van der Waals surface area (Å²) in [6.45, 7) is 4.12. The van der Waals surface area contributed by atoms with Crippen LogP contribution in [0.3, 0.4) is 0 Å². The Morgan fingerprint density at radius 1 is 1.27 bits per heavy atom. The lowest BCUT2D eigenvalue weighted by Crippen LogP contribution is -2.40. The maximum atomic E-state index is 12.6. The second-order valence-corrected chi connectivity index (χ2v) is 7.46. The number of carbonyl (C=O) groups excluding carboxylic acids is 1. The van der Waals surface area contributed by atoms with E-state index in [9.17, 15) is 13.2 Å². The largest absolute Gasteiger partial charge is 0.355 e. The van der Waals surface area contributed by atoms with Crippen LogP contribution in [0.2, 0.25) is 10.0 Å². The third-order valence-electron chi connectivity index (χ3n) is 3.04. The first kappa shape index (κ1) is 19.2. The standard InChI is InChI=1S/C14H20Cl2N2O3S/c1-3-5-8-17-14(19)10-18(4-2)22(20,21)13-9-11(15)6-7-12(13)16/h6-7,9H,3-5,8,10H2,1-2H3,(H,17,19). The van der Waals surface area contributed by atoms with E-state index in [4.69, 9.17) is 23.2 Å². The molecule has 1 rings (SSSR count). The summed E-state index contributed by atoms with van der Waals surface area (Å²) in [4.78, 5) is 11.7. The van der Waals surface area contributed by atoms with Crippen molar-refractivity contribution in [2.24, 2.45) is 0 Å². The molecule has 124 valence electrons. The summed E-state index contributed by atoms with van der Waals surface area (Å²) in [6, 6.07) is 4.22. The van der Waals surface area contributed by atoms with Crippen LogP contribution in [0.15, 0.2) is 23.1 Å². The number of amides is 1. The summed E-state index contributed by atoms with van der Waals surface area (Å²) in [7, 11) is -3.87. The summed E-state index contributed by atoms with van der Waals surface area (Å²) in [5, 5.41) is 3.04. The highest BCUT2D eigenvalue weighted by Crippen LogP contribution is 2.27. The first-order chi connectivity index (χ1) is 10.3. The zero-order chi connectivity index (χ0) is 16.8. The Morgan fingerprint density at radius 3 is 2.55 bits per heavy atom. The number of hydrogen-bond acceptors (Lipinski definition) is 3. The van der Waals surface area contributed by atoms with Crippen LogP contribution in [0.5, 0.6) is 0 Å². The van der Waals surface area contributed by atoms with Crippen molar-refractivity contribution in [3.05, 3.63) is 28.2 Å². The van der Waals surface area contributed by atoms with Crippen molar-refractivity contribution in [3.63, 3.8) is 0 Å². The first-order valence-electron chi connectivity index (χ1n) is 7.04. The van der Waals surface area contributed by atoms with Gasteiger partial charge in [0.1, 0.15) is 4.90 Å². The molecule has 5 nitrogen and oxygen atoms in total. The topological polar surface area (TPSA) is 66.5 Å². The Kier molecular flexibility index (Phi) is 7.62. The Labute approximate surface area is 141 Å². The molecule has 8 heteroatoms. The van der Waals surface area contributed by atoms with Crippen molar-refractivity contribution in [3.8, 4) is 0 Å². The maximum absolute atomic E-state index is 12.6. The number of rotatable bonds is 8. The second-order valence-electron chi connectivity index (χ2n) is 4.71. The van der Waals surface area contributed by atoms with E-state index in [1.54, 1.807) is 6.92 Å². The fraction of sp³-hybridized carbons (Fsp3) is 0.500. The predicted octanol–water partition coefficient (Wildman–Crippen LogP) is 2.92. The number of nitrogens with one attached hydrogen (secondary N) is 1. The van der Waals surface area contributed by atoms with Gasteiger partial charge in [0.05, 0.1) is 11.6 Å². The van der Waals surface area contributed by atoms with E-state index >= 15 is 0 Å². The smallest absolute Gasteiger partial charge is 0.245 e. The predicted molar refractivity (Wildman–Crippen MR) is 88.8 cm³/mol. The molecule has 0 aliphatic carbocycles. The van der Waals surface area contributed by atoms with Crippen molar-refractivity contribution in [2.75, 3.05) is 19.6 Å². The van der Waals surface area contributed by atoms with Crippen molar-refractivity contribution < 1.29 is 13.2 Å². The third-order valence-corrected chi connectivity index (χ3v) is 5.67. The Bertz CT molecular complexity index is 621. The lowest BCUT2D eigenvalue weighted by Gasteiger charge is -2.20. The minimum atomic E-state index is -3.87. The number of likely N-dealkylation sites (N-methyl/N-ethyl adjacent to an activating group) is 1. The summed E-state index contributed by atoms with van der Waals surface area (Å²) >= 11 is 11.8. The van der Waals surface area contributed by atoms with Gasteiger partial charge in [-0.15, -0.1) is 0 Å². The molecule has 0 saturated heterocycles. The highest BCUT2D eigenvalue weighted by atomic mass is 35.5. The number of nitrogens with zero attached hydrogens (tertiary/aromatic N) is 1. The molecule has 0 fully saturated rings. The molecule has 0 spiro atoms. The van der Waals surface area contributed by atoms with Crippen LogP contribution >= 0.6 is 23.2 Å². The molecule has 0 aliphatic heterocycles. The minimum absolute atomic E-state index is 0.0780. The van der Waals surface area contributed by atoms with Gasteiger partial charge in [0.2, 0.25) is 15.9 Å². The maximum Gasteiger partial charge on any atom is 0.245 e. The van der Waals surface area contributed by atoms with E-state index in [1.165, 1.54) is 18.2 Å². The molecule has 1 amide bonds. The molecular formula is C14H20Cl2N2O3S. The van der Waals surface area contributed by atoms with E-state index in [0.717, 1.165) is 17.1 Å². The van der Waals surface area contributed by atoms with Gasteiger partial charge in [0, 0.05) is 18.1 Å². The molecular weight excluding hydrogens is 347 g/mol. The summed E-state index contributed by atoms with van der Waals surface area (Å²) in [5.74, 6) is -0.336. The van der Waals surface area contributed by atoms with Gasteiger partial charge in [-0.3, -0.25) is 4.79 Å². The average Bonchev–Trinajstić information content (AvgIpc) is 2.47. The van der Waals surface area contributed by atoms with Crippen molar-refractivity contribution in [1.82, 2.24) is 9.62 Å². The lowest BCUT2D eigenvalue weighted by atomic mass is 10.3. The third kappa shape index (κ3) is 5.12. The van der Waals surface area contributed by atoms with Crippen molar-refractivity contribution in [2.45, 2.75) is 31.6 Å². The van der Waals surface area contributed by atoms with Gasteiger partial charge < -0.3 is 5.32 Å². The Hall–Kier alpha value is -0.820. The second kappa shape index (κ2) is 8.72. The molecule has 0 aromatic heterocycles. The van der Waals surface area contributed by atoms with E-state index in [-0.39, 0.29) is 33.9 Å². The number of halogens is 2. The number of carbonyl (C=O) groups is 1.